The molecule has 0 saturated heterocycles. The molecule has 0 radical (unpaired) electrons. The zero-order valence-electron chi connectivity index (χ0n) is 8.71. The number of nitrogens with zero attached hydrogens (tertiary/aromatic N) is 2. The fourth-order valence-electron chi connectivity index (χ4n) is 1.68. The topological polar surface area (TPSA) is 80.6 Å². The molecular formula is C11H11N3O2. The molecule has 82 valence electrons. The zero-order chi connectivity index (χ0) is 11.7. The number of nitrogens with two attached hydrogens (primary N) is 1. The molecule has 3 N–H and O–H groups in total. The first kappa shape index (κ1) is 10.2. The SMILES string of the molecule is Cn1c(O)c(/C=N/N)c2ccccc2c1=O. The average Bonchev–Trinajstić information content (AvgIpc) is 2.32. The summed E-state index contributed by atoms with van der Waals surface area (Å²) in [5.41, 5.74) is 0.197. The minimum atomic E-state index is -0.248. The molecule has 16 heavy (non-hydrogen) atoms. The lowest BCUT2D eigenvalue weighted by Gasteiger charge is -2.08. The van der Waals surface area contributed by atoms with Crippen LogP contribution in [0.2, 0.25) is 0 Å². The van der Waals surface area contributed by atoms with Crippen molar-refractivity contribution in [2.24, 2.45) is 18.0 Å². The number of pyridine rings is 1. The predicted octanol–water partition coefficient (Wildman–Crippen LogP) is 0.537. The molecule has 0 bridgehead atoms. The van der Waals surface area contributed by atoms with Crippen molar-refractivity contribution in [1.82, 2.24) is 4.57 Å². The average molecular weight is 217 g/mol. The van der Waals surface area contributed by atoms with Crippen LogP contribution in [0.25, 0.3) is 10.8 Å². The van der Waals surface area contributed by atoms with Gasteiger partial charge in [-0.25, -0.2) is 0 Å². The molecule has 0 atom stereocenters. The van der Waals surface area contributed by atoms with Crippen LogP contribution in [0, 0.1) is 0 Å². The van der Waals surface area contributed by atoms with Crippen LogP contribution in [0.5, 0.6) is 5.88 Å². The maximum atomic E-state index is 11.8. The van der Waals surface area contributed by atoms with E-state index in [1.165, 1.54) is 17.8 Å². The van der Waals surface area contributed by atoms with Crippen LogP contribution in [0.1, 0.15) is 5.56 Å². The van der Waals surface area contributed by atoms with Gasteiger partial charge < -0.3 is 10.9 Å². The van der Waals surface area contributed by atoms with Gasteiger partial charge in [0.1, 0.15) is 0 Å². The van der Waals surface area contributed by atoms with Crippen molar-refractivity contribution in [3.05, 3.63) is 40.2 Å². The Labute approximate surface area is 91.4 Å². The van der Waals surface area contributed by atoms with E-state index in [-0.39, 0.29) is 11.4 Å². The Bertz CT molecular complexity index is 629. The first-order valence-corrected chi connectivity index (χ1v) is 4.70. The van der Waals surface area contributed by atoms with Crippen molar-refractivity contribution in [1.29, 1.82) is 0 Å². The van der Waals surface area contributed by atoms with E-state index in [0.717, 1.165) is 0 Å². The lowest BCUT2D eigenvalue weighted by molar-refractivity contribution is 0.424. The standard InChI is InChI=1S/C11H11N3O2/c1-14-10(15)8-5-3-2-4-7(8)9(6-13-12)11(14)16/h2-6,16H,12H2,1H3/b13-6+. The molecule has 0 aliphatic heterocycles. The Morgan fingerprint density at radius 2 is 2.00 bits per heavy atom. The molecule has 0 aliphatic rings. The Balaban J connectivity index is 3.03. The second-order valence-electron chi connectivity index (χ2n) is 3.43. The summed E-state index contributed by atoms with van der Waals surface area (Å²) >= 11 is 0. The van der Waals surface area contributed by atoms with Gasteiger partial charge in [0.25, 0.3) is 5.56 Å². The van der Waals surface area contributed by atoms with E-state index in [1.54, 1.807) is 24.3 Å². The van der Waals surface area contributed by atoms with Crippen molar-refractivity contribution in [2.45, 2.75) is 0 Å². The molecule has 2 rings (SSSR count). The highest BCUT2D eigenvalue weighted by Gasteiger charge is 2.11. The molecule has 0 amide bonds. The number of rotatable bonds is 1. The Morgan fingerprint density at radius 3 is 2.62 bits per heavy atom. The van der Waals surface area contributed by atoms with Crippen LogP contribution in [0.3, 0.4) is 0 Å². The monoisotopic (exact) mass is 217 g/mol. The Kier molecular flexibility index (Phi) is 2.36. The van der Waals surface area contributed by atoms with Gasteiger partial charge in [-0.2, -0.15) is 5.10 Å². The molecule has 1 aromatic carbocycles. The van der Waals surface area contributed by atoms with Crippen molar-refractivity contribution in [3.8, 4) is 5.88 Å². The van der Waals surface area contributed by atoms with Gasteiger partial charge in [-0.3, -0.25) is 9.36 Å². The summed E-state index contributed by atoms with van der Waals surface area (Å²) in [5.74, 6) is 4.94. The molecule has 0 unspecified atom stereocenters. The van der Waals surface area contributed by atoms with Gasteiger partial charge in [0, 0.05) is 17.8 Å². The van der Waals surface area contributed by atoms with Gasteiger partial charge in [0.15, 0.2) is 0 Å². The van der Waals surface area contributed by atoms with E-state index in [0.29, 0.717) is 16.3 Å². The van der Waals surface area contributed by atoms with E-state index < -0.39 is 0 Å². The van der Waals surface area contributed by atoms with E-state index >= 15 is 0 Å². The molecule has 0 saturated carbocycles. The number of hydrogen-bond donors (Lipinski definition) is 2. The molecule has 1 aromatic heterocycles. The summed E-state index contributed by atoms with van der Waals surface area (Å²) in [6, 6.07) is 7.00. The fraction of sp³-hybridized carbons (Fsp3) is 0.0909. The van der Waals surface area contributed by atoms with E-state index in [2.05, 4.69) is 5.10 Å². The van der Waals surface area contributed by atoms with Gasteiger partial charge in [0.2, 0.25) is 5.88 Å². The van der Waals surface area contributed by atoms with Gasteiger partial charge >= 0.3 is 0 Å². The third kappa shape index (κ3) is 1.33. The molecule has 0 spiro atoms. The van der Waals surface area contributed by atoms with Crippen LogP contribution in [-0.2, 0) is 7.05 Å². The Morgan fingerprint density at radius 1 is 1.38 bits per heavy atom. The van der Waals surface area contributed by atoms with Crippen LogP contribution < -0.4 is 11.4 Å². The largest absolute Gasteiger partial charge is 0.494 e. The van der Waals surface area contributed by atoms with Crippen molar-refractivity contribution < 1.29 is 5.11 Å². The third-order valence-corrected chi connectivity index (χ3v) is 2.51. The van der Waals surface area contributed by atoms with Gasteiger partial charge in [0.05, 0.1) is 11.8 Å². The number of fused-ring (bicyclic) bond motifs is 1. The number of hydrogen-bond acceptors (Lipinski definition) is 4. The van der Waals surface area contributed by atoms with E-state index in [1.807, 2.05) is 0 Å². The van der Waals surface area contributed by atoms with E-state index in [4.69, 9.17) is 5.84 Å². The van der Waals surface area contributed by atoms with E-state index in [9.17, 15) is 9.90 Å². The molecule has 0 aliphatic carbocycles. The lowest BCUT2D eigenvalue weighted by atomic mass is 10.1. The zero-order valence-corrected chi connectivity index (χ0v) is 8.71. The normalized spacial score (nSPS) is 11.3. The number of hydrazone groups is 1. The van der Waals surface area contributed by atoms with Crippen LogP contribution >= 0.6 is 0 Å². The molecule has 2 aromatic rings. The van der Waals surface area contributed by atoms with Gasteiger partial charge in [-0.1, -0.05) is 18.2 Å². The molecular weight excluding hydrogens is 206 g/mol. The minimum Gasteiger partial charge on any atom is -0.494 e. The second kappa shape index (κ2) is 3.69. The van der Waals surface area contributed by atoms with Crippen LogP contribution in [0.15, 0.2) is 34.2 Å². The maximum absolute atomic E-state index is 11.8. The summed E-state index contributed by atoms with van der Waals surface area (Å²) in [4.78, 5) is 11.8. The van der Waals surface area contributed by atoms with Gasteiger partial charge in [-0.05, 0) is 6.07 Å². The second-order valence-corrected chi connectivity index (χ2v) is 3.43. The third-order valence-electron chi connectivity index (χ3n) is 2.51. The summed E-state index contributed by atoms with van der Waals surface area (Å²) in [6.07, 6.45) is 1.33. The molecule has 0 fully saturated rings. The van der Waals surface area contributed by atoms with Crippen molar-refractivity contribution >= 4 is 17.0 Å². The predicted molar refractivity (Wildman–Crippen MR) is 62.6 cm³/mol. The highest BCUT2D eigenvalue weighted by atomic mass is 16.3. The molecule has 5 nitrogen and oxygen atoms in total. The summed E-state index contributed by atoms with van der Waals surface area (Å²) < 4.78 is 1.17. The summed E-state index contributed by atoms with van der Waals surface area (Å²) in [7, 11) is 1.50. The highest BCUT2D eigenvalue weighted by Crippen LogP contribution is 2.21. The number of aromatic hydroxyl groups is 1. The first-order valence-electron chi connectivity index (χ1n) is 4.70. The summed E-state index contributed by atoms with van der Waals surface area (Å²) in [5, 5.41) is 14.4. The van der Waals surface area contributed by atoms with Crippen LogP contribution in [0.4, 0.5) is 0 Å². The van der Waals surface area contributed by atoms with Crippen LogP contribution in [-0.4, -0.2) is 15.9 Å². The van der Waals surface area contributed by atoms with Gasteiger partial charge in [-0.15, -0.1) is 0 Å². The minimum absolute atomic E-state index is 0.141. The fourth-order valence-corrected chi connectivity index (χ4v) is 1.68. The number of aromatic nitrogens is 1. The first-order chi connectivity index (χ1) is 7.66. The smallest absolute Gasteiger partial charge is 0.260 e. The number of benzene rings is 1. The van der Waals surface area contributed by atoms with Crippen molar-refractivity contribution in [2.75, 3.05) is 0 Å². The summed E-state index contributed by atoms with van der Waals surface area (Å²) in [6.45, 7) is 0. The molecule has 5 heteroatoms. The Hall–Kier alpha value is -2.30. The lowest BCUT2D eigenvalue weighted by Crippen LogP contribution is -2.18. The van der Waals surface area contributed by atoms with Crippen molar-refractivity contribution in [3.63, 3.8) is 0 Å². The highest BCUT2D eigenvalue weighted by molar-refractivity contribution is 6.01. The quantitative estimate of drug-likeness (QED) is 0.415. The maximum Gasteiger partial charge on any atom is 0.260 e. The molecule has 1 heterocycles.